The van der Waals surface area contributed by atoms with Crippen molar-refractivity contribution in [3.8, 4) is 0 Å². The minimum atomic E-state index is -0.265. The lowest BCUT2D eigenvalue weighted by molar-refractivity contribution is -0.00567. The van der Waals surface area contributed by atoms with Gasteiger partial charge in [-0.25, -0.2) is 9.97 Å². The smallest absolute Gasteiger partial charge is 0.271 e. The van der Waals surface area contributed by atoms with Crippen LogP contribution < -0.4 is 5.32 Å². The Labute approximate surface area is 147 Å². The molecule has 132 valence electrons. The van der Waals surface area contributed by atoms with Gasteiger partial charge in [0.15, 0.2) is 5.82 Å². The van der Waals surface area contributed by atoms with Crippen LogP contribution in [0.15, 0.2) is 30.6 Å². The van der Waals surface area contributed by atoms with Gasteiger partial charge < -0.3 is 19.5 Å². The number of carbonyl (C=O) groups is 1. The van der Waals surface area contributed by atoms with Crippen molar-refractivity contribution in [2.45, 2.75) is 18.9 Å². The molecule has 0 aromatic carbocycles. The van der Waals surface area contributed by atoms with Crippen LogP contribution in [0.25, 0.3) is 0 Å². The number of aryl methyl sites for hydroxylation is 1. The summed E-state index contributed by atoms with van der Waals surface area (Å²) in [6.07, 6.45) is 6.21. The number of rotatable bonds is 5. The molecule has 3 heterocycles. The first kappa shape index (κ1) is 16.1. The van der Waals surface area contributed by atoms with Crippen LogP contribution >= 0.6 is 0 Å². The summed E-state index contributed by atoms with van der Waals surface area (Å²) in [6, 6.07) is 5.32. The third kappa shape index (κ3) is 3.51. The lowest BCUT2D eigenvalue weighted by Gasteiger charge is -2.34. The predicted molar refractivity (Wildman–Crippen MR) is 93.3 cm³/mol. The lowest BCUT2D eigenvalue weighted by atomic mass is 10.2. The molecule has 0 radical (unpaired) electrons. The Morgan fingerprint density at radius 3 is 3.04 bits per heavy atom. The normalized spacial score (nSPS) is 20.5. The Balaban J connectivity index is 1.55. The maximum atomic E-state index is 13.0. The second kappa shape index (κ2) is 6.84. The molecular weight excluding hydrogens is 318 g/mol. The van der Waals surface area contributed by atoms with E-state index in [1.165, 1.54) is 12.8 Å². The number of hydrogen-bond donors (Lipinski definition) is 1. The van der Waals surface area contributed by atoms with E-state index in [9.17, 15) is 4.79 Å². The van der Waals surface area contributed by atoms with Crippen LogP contribution in [0, 0.1) is 5.92 Å². The zero-order valence-electron chi connectivity index (χ0n) is 14.4. The van der Waals surface area contributed by atoms with Crippen LogP contribution in [-0.2, 0) is 11.8 Å². The van der Waals surface area contributed by atoms with Crippen molar-refractivity contribution >= 4 is 11.7 Å². The molecule has 1 amide bonds. The number of aromatic nitrogens is 3. The third-order valence-electron chi connectivity index (χ3n) is 4.79. The zero-order chi connectivity index (χ0) is 17.2. The number of hydrogen-bond acceptors (Lipinski definition) is 5. The van der Waals surface area contributed by atoms with Gasteiger partial charge in [-0.15, -0.1) is 0 Å². The summed E-state index contributed by atoms with van der Waals surface area (Å²) in [5.74, 6) is 2.20. The number of morpholine rings is 1. The highest BCUT2D eigenvalue weighted by Gasteiger charge is 2.32. The molecule has 2 aromatic rings. The standard InChI is InChI=1S/C18H23N5O2/c1-22-8-2-3-14(22)18(24)23-9-10-25-12-15(23)17-19-7-6-16(21-17)20-11-13-4-5-13/h2-3,6-8,13,15H,4-5,9-12H2,1H3,(H,19,20,21). The molecule has 1 aliphatic heterocycles. The first-order chi connectivity index (χ1) is 12.2. The van der Waals surface area contributed by atoms with Gasteiger partial charge in [-0.05, 0) is 37.0 Å². The maximum absolute atomic E-state index is 13.0. The molecule has 2 fully saturated rings. The van der Waals surface area contributed by atoms with Gasteiger partial charge >= 0.3 is 0 Å². The van der Waals surface area contributed by atoms with Crippen LogP contribution in [0.5, 0.6) is 0 Å². The monoisotopic (exact) mass is 341 g/mol. The van der Waals surface area contributed by atoms with E-state index in [0.717, 1.165) is 18.3 Å². The Kier molecular flexibility index (Phi) is 4.40. The van der Waals surface area contributed by atoms with E-state index in [1.54, 1.807) is 6.20 Å². The molecule has 25 heavy (non-hydrogen) atoms. The topological polar surface area (TPSA) is 72.3 Å². The van der Waals surface area contributed by atoms with E-state index >= 15 is 0 Å². The second-order valence-electron chi connectivity index (χ2n) is 6.72. The molecule has 0 spiro atoms. The van der Waals surface area contributed by atoms with Crippen molar-refractivity contribution in [1.29, 1.82) is 0 Å². The molecule has 1 saturated carbocycles. The molecule has 0 bridgehead atoms. The molecule has 4 rings (SSSR count). The van der Waals surface area contributed by atoms with Gasteiger partial charge in [0.2, 0.25) is 0 Å². The van der Waals surface area contributed by atoms with Crippen LogP contribution in [0.4, 0.5) is 5.82 Å². The van der Waals surface area contributed by atoms with E-state index in [1.807, 2.05) is 40.9 Å². The highest BCUT2D eigenvalue weighted by molar-refractivity contribution is 5.93. The van der Waals surface area contributed by atoms with Crippen LogP contribution in [-0.4, -0.2) is 51.6 Å². The van der Waals surface area contributed by atoms with Crippen molar-refractivity contribution in [3.63, 3.8) is 0 Å². The van der Waals surface area contributed by atoms with Gasteiger partial charge in [-0.2, -0.15) is 0 Å². The summed E-state index contributed by atoms with van der Waals surface area (Å²) in [5, 5.41) is 3.37. The Morgan fingerprint density at radius 2 is 2.28 bits per heavy atom. The molecule has 1 unspecified atom stereocenters. The molecule has 1 saturated heterocycles. The molecule has 2 aliphatic rings. The van der Waals surface area contributed by atoms with Gasteiger partial charge in [0.1, 0.15) is 17.6 Å². The van der Waals surface area contributed by atoms with Crippen LogP contribution in [0.2, 0.25) is 0 Å². The molecule has 7 nitrogen and oxygen atoms in total. The minimum absolute atomic E-state index is 0.0132. The molecule has 1 N–H and O–H groups in total. The highest BCUT2D eigenvalue weighted by Crippen LogP contribution is 2.29. The number of nitrogens with one attached hydrogen (secondary N) is 1. The van der Waals surface area contributed by atoms with Gasteiger partial charge in [0, 0.05) is 32.5 Å². The van der Waals surface area contributed by atoms with E-state index in [2.05, 4.69) is 15.3 Å². The Hall–Kier alpha value is -2.41. The van der Waals surface area contributed by atoms with Crippen LogP contribution in [0.1, 0.15) is 35.2 Å². The number of carbonyl (C=O) groups excluding carboxylic acids is 1. The summed E-state index contributed by atoms with van der Waals surface area (Å²) in [5.41, 5.74) is 0.662. The first-order valence-electron chi connectivity index (χ1n) is 8.79. The lowest BCUT2D eigenvalue weighted by Crippen LogP contribution is -2.44. The van der Waals surface area contributed by atoms with E-state index in [0.29, 0.717) is 31.3 Å². The molecule has 2 aromatic heterocycles. The first-order valence-corrected chi connectivity index (χ1v) is 8.79. The largest absolute Gasteiger partial charge is 0.377 e. The van der Waals surface area contributed by atoms with E-state index < -0.39 is 0 Å². The fourth-order valence-electron chi connectivity index (χ4n) is 3.09. The molecular formula is C18H23N5O2. The summed E-state index contributed by atoms with van der Waals surface area (Å²) >= 11 is 0. The van der Waals surface area contributed by atoms with Crippen molar-refractivity contribution in [3.05, 3.63) is 42.1 Å². The van der Waals surface area contributed by atoms with Crippen molar-refractivity contribution in [2.75, 3.05) is 31.6 Å². The number of amides is 1. The highest BCUT2D eigenvalue weighted by atomic mass is 16.5. The summed E-state index contributed by atoms with van der Waals surface area (Å²) < 4.78 is 7.45. The summed E-state index contributed by atoms with van der Waals surface area (Å²) in [6.45, 7) is 2.44. The van der Waals surface area contributed by atoms with Gasteiger partial charge in [0.25, 0.3) is 5.91 Å². The molecule has 1 atom stereocenters. The summed E-state index contributed by atoms with van der Waals surface area (Å²) in [7, 11) is 1.88. The van der Waals surface area contributed by atoms with Crippen molar-refractivity contribution in [1.82, 2.24) is 19.4 Å². The number of ether oxygens (including phenoxy) is 1. The average Bonchev–Trinajstić information content (AvgIpc) is 3.39. The Morgan fingerprint density at radius 1 is 1.40 bits per heavy atom. The van der Waals surface area contributed by atoms with Gasteiger partial charge in [0.05, 0.1) is 13.2 Å². The quantitative estimate of drug-likeness (QED) is 0.899. The Bertz CT molecular complexity index is 755. The van der Waals surface area contributed by atoms with E-state index in [4.69, 9.17) is 4.74 Å². The SMILES string of the molecule is Cn1cccc1C(=O)N1CCOCC1c1nccc(NCC2CC2)n1. The van der Waals surface area contributed by atoms with Gasteiger partial charge in [-0.3, -0.25) is 4.79 Å². The van der Waals surface area contributed by atoms with E-state index in [-0.39, 0.29) is 11.9 Å². The fraction of sp³-hybridized carbons (Fsp3) is 0.500. The average molecular weight is 341 g/mol. The molecule has 1 aliphatic carbocycles. The van der Waals surface area contributed by atoms with Crippen LogP contribution in [0.3, 0.4) is 0 Å². The van der Waals surface area contributed by atoms with Crippen molar-refractivity contribution < 1.29 is 9.53 Å². The predicted octanol–water partition coefficient (Wildman–Crippen LogP) is 1.85. The van der Waals surface area contributed by atoms with Crippen molar-refractivity contribution in [2.24, 2.45) is 13.0 Å². The summed E-state index contributed by atoms with van der Waals surface area (Å²) in [4.78, 5) is 23.8. The molecule has 7 heteroatoms. The number of anilines is 1. The second-order valence-corrected chi connectivity index (χ2v) is 6.72. The zero-order valence-corrected chi connectivity index (χ0v) is 14.4. The number of nitrogens with zero attached hydrogens (tertiary/aromatic N) is 4. The third-order valence-corrected chi connectivity index (χ3v) is 4.79. The minimum Gasteiger partial charge on any atom is -0.377 e. The maximum Gasteiger partial charge on any atom is 0.271 e. The fourth-order valence-corrected chi connectivity index (χ4v) is 3.09. The van der Waals surface area contributed by atoms with Gasteiger partial charge in [-0.1, -0.05) is 0 Å².